The molecular formula is C12H16N4O2. The summed E-state index contributed by atoms with van der Waals surface area (Å²) in [7, 11) is 3.44. The van der Waals surface area contributed by atoms with E-state index in [0.717, 1.165) is 11.3 Å². The molecule has 2 rings (SSSR count). The Balaban J connectivity index is 2.17. The van der Waals surface area contributed by atoms with Gasteiger partial charge in [-0.05, 0) is 17.2 Å². The zero-order valence-electron chi connectivity index (χ0n) is 10.4. The van der Waals surface area contributed by atoms with Crippen LogP contribution in [-0.4, -0.2) is 30.9 Å². The van der Waals surface area contributed by atoms with Gasteiger partial charge in [-0.15, -0.1) is 0 Å². The first-order valence-electron chi connectivity index (χ1n) is 5.63. The number of fused-ring (bicyclic) bond motifs is 1. The van der Waals surface area contributed by atoms with Gasteiger partial charge in [0, 0.05) is 19.8 Å². The molecule has 0 saturated carbocycles. The number of nitrogens with one attached hydrogen (secondary N) is 2. The summed E-state index contributed by atoms with van der Waals surface area (Å²) in [5.74, 6) is -0.314. The summed E-state index contributed by atoms with van der Waals surface area (Å²) < 4.78 is 0. The topological polar surface area (TPSA) is 87.5 Å². The Morgan fingerprint density at radius 3 is 2.89 bits per heavy atom. The quantitative estimate of drug-likeness (QED) is 0.645. The van der Waals surface area contributed by atoms with Crippen molar-refractivity contribution in [3.8, 4) is 0 Å². The van der Waals surface area contributed by atoms with Crippen molar-refractivity contribution in [1.29, 1.82) is 0 Å². The summed E-state index contributed by atoms with van der Waals surface area (Å²) in [4.78, 5) is 23.0. The van der Waals surface area contributed by atoms with E-state index in [2.05, 4.69) is 10.7 Å². The van der Waals surface area contributed by atoms with Crippen LogP contribution < -0.4 is 16.5 Å². The van der Waals surface area contributed by atoms with E-state index in [1.54, 1.807) is 37.3 Å². The van der Waals surface area contributed by atoms with E-state index in [4.69, 9.17) is 5.73 Å². The maximum absolute atomic E-state index is 11.8. The second-order valence-corrected chi connectivity index (χ2v) is 4.49. The fourth-order valence-electron chi connectivity index (χ4n) is 1.88. The minimum Gasteiger partial charge on any atom is -0.326 e. The monoisotopic (exact) mass is 248 g/mol. The van der Waals surface area contributed by atoms with Crippen LogP contribution in [0.25, 0.3) is 0 Å². The lowest BCUT2D eigenvalue weighted by Crippen LogP contribution is -2.42. The zero-order valence-corrected chi connectivity index (χ0v) is 10.4. The number of carbonyl (C=O) groups excluding carboxylic acids is 2. The normalized spacial score (nSPS) is 15.2. The SMILES string of the molecule is CN(C)NC(=O)C(N)c1ccc2c(c1)CC(=O)N2. The van der Waals surface area contributed by atoms with Crippen molar-refractivity contribution in [2.75, 3.05) is 19.4 Å². The van der Waals surface area contributed by atoms with Crippen molar-refractivity contribution in [1.82, 2.24) is 10.4 Å². The largest absolute Gasteiger partial charge is 0.326 e. The van der Waals surface area contributed by atoms with Crippen molar-refractivity contribution in [2.24, 2.45) is 5.73 Å². The second kappa shape index (κ2) is 4.75. The van der Waals surface area contributed by atoms with E-state index in [9.17, 15) is 9.59 Å². The molecule has 2 amide bonds. The van der Waals surface area contributed by atoms with E-state index in [1.165, 1.54) is 0 Å². The van der Waals surface area contributed by atoms with Crippen LogP contribution in [0, 0.1) is 0 Å². The Labute approximate surface area is 105 Å². The maximum Gasteiger partial charge on any atom is 0.255 e. The number of nitrogens with zero attached hydrogens (tertiary/aromatic N) is 1. The number of anilines is 1. The van der Waals surface area contributed by atoms with Crippen molar-refractivity contribution in [3.63, 3.8) is 0 Å². The second-order valence-electron chi connectivity index (χ2n) is 4.49. The molecule has 4 N–H and O–H groups in total. The number of nitrogens with two attached hydrogens (primary N) is 1. The Hall–Kier alpha value is -1.92. The predicted octanol–water partition coefficient (Wildman–Crippen LogP) is -0.226. The molecular weight excluding hydrogens is 232 g/mol. The first kappa shape index (κ1) is 12.5. The molecule has 1 atom stereocenters. The molecule has 96 valence electrons. The van der Waals surface area contributed by atoms with E-state index in [0.29, 0.717) is 12.0 Å². The number of hydrogen-bond donors (Lipinski definition) is 3. The number of hydrogen-bond acceptors (Lipinski definition) is 4. The number of hydrazine groups is 1. The molecule has 0 aliphatic carbocycles. The lowest BCUT2D eigenvalue weighted by Gasteiger charge is -2.17. The van der Waals surface area contributed by atoms with Crippen LogP contribution in [0.1, 0.15) is 17.2 Å². The molecule has 6 nitrogen and oxygen atoms in total. The molecule has 1 aromatic rings. The average molecular weight is 248 g/mol. The highest BCUT2D eigenvalue weighted by molar-refractivity contribution is 5.99. The van der Waals surface area contributed by atoms with Crippen molar-refractivity contribution >= 4 is 17.5 Å². The van der Waals surface area contributed by atoms with Crippen LogP contribution in [-0.2, 0) is 16.0 Å². The van der Waals surface area contributed by atoms with Gasteiger partial charge in [-0.2, -0.15) is 0 Å². The number of carbonyl (C=O) groups is 2. The molecule has 1 heterocycles. The Morgan fingerprint density at radius 1 is 1.50 bits per heavy atom. The summed E-state index contributed by atoms with van der Waals surface area (Å²) >= 11 is 0. The minimum atomic E-state index is -0.742. The average Bonchev–Trinajstić information content (AvgIpc) is 2.65. The van der Waals surface area contributed by atoms with E-state index < -0.39 is 6.04 Å². The van der Waals surface area contributed by atoms with Crippen LogP contribution in [0.5, 0.6) is 0 Å². The highest BCUT2D eigenvalue weighted by atomic mass is 16.2. The minimum absolute atomic E-state index is 0.0338. The summed E-state index contributed by atoms with van der Waals surface area (Å²) in [5.41, 5.74) is 10.9. The summed E-state index contributed by atoms with van der Waals surface area (Å²) in [6, 6.07) is 4.59. The molecule has 1 unspecified atom stereocenters. The van der Waals surface area contributed by atoms with Crippen LogP contribution in [0.3, 0.4) is 0 Å². The first-order valence-corrected chi connectivity index (χ1v) is 5.63. The number of benzene rings is 1. The third-order valence-electron chi connectivity index (χ3n) is 2.73. The van der Waals surface area contributed by atoms with Crippen molar-refractivity contribution < 1.29 is 9.59 Å². The van der Waals surface area contributed by atoms with Crippen LogP contribution in [0.15, 0.2) is 18.2 Å². The molecule has 1 aliphatic heterocycles. The van der Waals surface area contributed by atoms with E-state index in [1.807, 2.05) is 0 Å². The fourth-order valence-corrected chi connectivity index (χ4v) is 1.88. The lowest BCUT2D eigenvalue weighted by molar-refractivity contribution is -0.126. The molecule has 0 saturated heterocycles. The summed E-state index contributed by atoms with van der Waals surface area (Å²) in [6.07, 6.45) is 0.338. The third kappa shape index (κ3) is 2.49. The molecule has 18 heavy (non-hydrogen) atoms. The van der Waals surface area contributed by atoms with Crippen molar-refractivity contribution in [3.05, 3.63) is 29.3 Å². The number of amides is 2. The van der Waals surface area contributed by atoms with Gasteiger partial charge in [0.15, 0.2) is 0 Å². The van der Waals surface area contributed by atoms with Crippen molar-refractivity contribution in [2.45, 2.75) is 12.5 Å². The molecule has 0 spiro atoms. The lowest BCUT2D eigenvalue weighted by atomic mass is 10.0. The van der Waals surface area contributed by atoms with Gasteiger partial charge in [-0.3, -0.25) is 15.0 Å². The van der Waals surface area contributed by atoms with Crippen LogP contribution >= 0.6 is 0 Å². The smallest absolute Gasteiger partial charge is 0.255 e. The molecule has 0 bridgehead atoms. The molecule has 0 radical (unpaired) electrons. The van der Waals surface area contributed by atoms with Gasteiger partial charge in [0.1, 0.15) is 6.04 Å². The Morgan fingerprint density at radius 2 is 2.22 bits per heavy atom. The standard InChI is InChI=1S/C12H16N4O2/c1-16(2)15-12(18)11(13)7-3-4-9-8(5-7)6-10(17)14-9/h3-5,11H,6,13H2,1-2H3,(H,14,17)(H,15,18). The highest BCUT2D eigenvalue weighted by Gasteiger charge is 2.21. The van der Waals surface area contributed by atoms with Gasteiger partial charge in [-0.1, -0.05) is 12.1 Å². The van der Waals surface area contributed by atoms with E-state index in [-0.39, 0.29) is 11.8 Å². The molecule has 1 aromatic carbocycles. The highest BCUT2D eigenvalue weighted by Crippen LogP contribution is 2.25. The van der Waals surface area contributed by atoms with E-state index >= 15 is 0 Å². The first-order chi connectivity index (χ1) is 8.47. The van der Waals surface area contributed by atoms with Gasteiger partial charge < -0.3 is 11.1 Å². The molecule has 0 aromatic heterocycles. The zero-order chi connectivity index (χ0) is 13.3. The fraction of sp³-hybridized carbons (Fsp3) is 0.333. The van der Waals surface area contributed by atoms with Gasteiger partial charge in [-0.25, -0.2) is 5.01 Å². The predicted molar refractivity (Wildman–Crippen MR) is 67.5 cm³/mol. The molecule has 0 fully saturated rings. The Bertz CT molecular complexity index is 499. The molecule has 1 aliphatic rings. The summed E-state index contributed by atoms with van der Waals surface area (Å²) in [5, 5.41) is 4.28. The summed E-state index contributed by atoms with van der Waals surface area (Å²) in [6.45, 7) is 0. The van der Waals surface area contributed by atoms with Gasteiger partial charge in [0.2, 0.25) is 5.91 Å². The van der Waals surface area contributed by atoms with Crippen LogP contribution in [0.2, 0.25) is 0 Å². The number of rotatable bonds is 3. The molecule has 6 heteroatoms. The van der Waals surface area contributed by atoms with Gasteiger partial charge in [0.05, 0.1) is 6.42 Å². The maximum atomic E-state index is 11.8. The van der Waals surface area contributed by atoms with Gasteiger partial charge >= 0.3 is 0 Å². The van der Waals surface area contributed by atoms with Crippen LogP contribution in [0.4, 0.5) is 5.69 Å². The van der Waals surface area contributed by atoms with Gasteiger partial charge in [0.25, 0.3) is 5.91 Å². The Kier molecular flexibility index (Phi) is 3.31. The third-order valence-corrected chi connectivity index (χ3v) is 2.73.